The van der Waals surface area contributed by atoms with Crippen molar-refractivity contribution < 1.29 is 14.2 Å². The number of benzene rings is 3. The van der Waals surface area contributed by atoms with Crippen molar-refractivity contribution in [1.82, 2.24) is 10.6 Å². The van der Waals surface area contributed by atoms with Gasteiger partial charge in [-0.1, -0.05) is 116 Å². The lowest BCUT2D eigenvalue weighted by Gasteiger charge is -2.15. The molecule has 3 rings (SSSR count). The lowest BCUT2D eigenvalue weighted by molar-refractivity contribution is 0.180. The van der Waals surface area contributed by atoms with Crippen molar-refractivity contribution in [2.24, 2.45) is 11.8 Å². The largest absolute Gasteiger partial charge is 0.489 e. The van der Waals surface area contributed by atoms with Gasteiger partial charge in [-0.25, -0.2) is 0 Å². The second-order valence-corrected chi connectivity index (χ2v) is 11.0. The SMILES string of the molecule is C=C(CNC(=C)CNC(=C)OCc1ccccc1)COc1ccc(Oc2ccccc2)cc1.CCC(C)C.CCC(C)C. The monoisotopic (exact) mass is 586 g/mol. The van der Waals surface area contributed by atoms with Gasteiger partial charge in [0.15, 0.2) is 5.88 Å². The Hall–Kier alpha value is -4.12. The average Bonchev–Trinajstić information content (AvgIpc) is 3.03. The molecule has 0 radical (unpaired) electrons. The summed E-state index contributed by atoms with van der Waals surface area (Å²) < 4.78 is 17.2. The summed E-state index contributed by atoms with van der Waals surface area (Å²) in [7, 11) is 0. The molecule has 234 valence electrons. The summed E-state index contributed by atoms with van der Waals surface area (Å²) in [5.41, 5.74) is 2.80. The first-order valence-corrected chi connectivity index (χ1v) is 15.3. The third kappa shape index (κ3) is 19.6. The Kier molecular flexibility index (Phi) is 19.3. The normalized spacial score (nSPS) is 9.95. The summed E-state index contributed by atoms with van der Waals surface area (Å²) in [4.78, 5) is 0. The van der Waals surface area contributed by atoms with E-state index >= 15 is 0 Å². The molecule has 0 fully saturated rings. The Labute approximate surface area is 261 Å². The lowest BCUT2D eigenvalue weighted by atomic mass is 10.2. The molecule has 0 aliphatic heterocycles. The maximum atomic E-state index is 5.80. The van der Waals surface area contributed by atoms with Crippen molar-refractivity contribution in [2.75, 3.05) is 19.7 Å². The minimum atomic E-state index is 0.402. The van der Waals surface area contributed by atoms with Crippen molar-refractivity contribution in [3.8, 4) is 17.2 Å². The maximum Gasteiger partial charge on any atom is 0.179 e. The fourth-order valence-corrected chi connectivity index (χ4v) is 2.78. The molecule has 0 aliphatic carbocycles. The van der Waals surface area contributed by atoms with Crippen molar-refractivity contribution in [3.05, 3.63) is 127 Å². The van der Waals surface area contributed by atoms with E-state index in [1.54, 1.807) is 0 Å². The average molecular weight is 587 g/mol. The van der Waals surface area contributed by atoms with Crippen LogP contribution < -0.4 is 20.1 Å². The number of rotatable bonds is 16. The van der Waals surface area contributed by atoms with Gasteiger partial charge >= 0.3 is 0 Å². The fraction of sp³-hybridized carbons (Fsp3) is 0.368. The van der Waals surface area contributed by atoms with Crippen LogP contribution in [0.15, 0.2) is 122 Å². The molecule has 3 aromatic rings. The van der Waals surface area contributed by atoms with Gasteiger partial charge in [0.05, 0.1) is 6.54 Å². The zero-order valence-electron chi connectivity index (χ0n) is 27.3. The molecular formula is C38H54N2O3. The van der Waals surface area contributed by atoms with Crippen molar-refractivity contribution in [2.45, 2.75) is 61.0 Å². The third-order valence-corrected chi connectivity index (χ3v) is 6.22. The van der Waals surface area contributed by atoms with Gasteiger partial charge in [0, 0.05) is 12.2 Å². The van der Waals surface area contributed by atoms with Crippen LogP contribution in [0.1, 0.15) is 59.9 Å². The standard InChI is InChI=1S/C28H30N2O3.2C5H12/c1-22(18-29-23(2)19-30-24(3)31-21-25-10-6-4-7-11-25)20-32-26-14-16-28(17-15-26)33-27-12-8-5-9-13-27;2*1-4-5(2)3/h4-17,29-30H,1-3,18-21H2;2*5H,4H2,1-3H3. The Morgan fingerprint density at radius 3 is 1.67 bits per heavy atom. The van der Waals surface area contributed by atoms with E-state index in [9.17, 15) is 0 Å². The molecule has 0 saturated heterocycles. The first kappa shape index (κ1) is 36.9. The van der Waals surface area contributed by atoms with Gasteiger partial charge in [0.25, 0.3) is 0 Å². The molecule has 0 bridgehead atoms. The predicted molar refractivity (Wildman–Crippen MR) is 183 cm³/mol. The number of para-hydroxylation sites is 1. The molecule has 0 saturated carbocycles. The van der Waals surface area contributed by atoms with Gasteiger partial charge in [-0.2, -0.15) is 0 Å². The summed E-state index contributed by atoms with van der Waals surface area (Å²) in [6, 6.07) is 27.1. The van der Waals surface area contributed by atoms with Crippen LogP contribution in [0.5, 0.6) is 17.2 Å². The van der Waals surface area contributed by atoms with E-state index in [2.05, 4.69) is 71.9 Å². The van der Waals surface area contributed by atoms with Gasteiger partial charge in [0.2, 0.25) is 0 Å². The van der Waals surface area contributed by atoms with Gasteiger partial charge in [0.1, 0.15) is 30.5 Å². The van der Waals surface area contributed by atoms with Gasteiger partial charge < -0.3 is 24.8 Å². The molecule has 5 heteroatoms. The molecule has 43 heavy (non-hydrogen) atoms. The topological polar surface area (TPSA) is 51.8 Å². The highest BCUT2D eigenvalue weighted by atomic mass is 16.5. The number of ether oxygens (including phenoxy) is 3. The quantitative estimate of drug-likeness (QED) is 0.129. The van der Waals surface area contributed by atoms with E-state index < -0.39 is 0 Å². The Balaban J connectivity index is 0.000000798. The van der Waals surface area contributed by atoms with Crippen LogP contribution in [-0.2, 0) is 11.3 Å². The van der Waals surface area contributed by atoms with Crippen LogP contribution >= 0.6 is 0 Å². The second-order valence-electron chi connectivity index (χ2n) is 11.0. The van der Waals surface area contributed by atoms with E-state index in [0.29, 0.717) is 32.2 Å². The molecule has 2 N–H and O–H groups in total. The number of nitrogens with one attached hydrogen (secondary N) is 2. The summed E-state index contributed by atoms with van der Waals surface area (Å²) in [6.07, 6.45) is 2.61. The van der Waals surface area contributed by atoms with Crippen LogP contribution in [0.4, 0.5) is 0 Å². The van der Waals surface area contributed by atoms with Gasteiger partial charge in [-0.05, 0) is 65.9 Å². The minimum Gasteiger partial charge on any atom is -0.489 e. The maximum absolute atomic E-state index is 5.80. The predicted octanol–water partition coefficient (Wildman–Crippen LogP) is 9.90. The Morgan fingerprint density at radius 1 is 0.651 bits per heavy atom. The molecule has 5 nitrogen and oxygen atoms in total. The number of hydrogen-bond donors (Lipinski definition) is 2. The first-order valence-electron chi connectivity index (χ1n) is 15.3. The molecule has 0 aliphatic rings. The van der Waals surface area contributed by atoms with E-state index in [1.165, 1.54) is 12.8 Å². The molecule has 0 heterocycles. The van der Waals surface area contributed by atoms with Gasteiger partial charge in [-0.15, -0.1) is 0 Å². The van der Waals surface area contributed by atoms with Crippen LogP contribution in [0.3, 0.4) is 0 Å². The molecule has 0 atom stereocenters. The van der Waals surface area contributed by atoms with Crippen LogP contribution in [0.2, 0.25) is 0 Å². The third-order valence-electron chi connectivity index (χ3n) is 6.22. The molecule has 0 aromatic heterocycles. The highest BCUT2D eigenvalue weighted by molar-refractivity contribution is 5.35. The number of hydrogen-bond acceptors (Lipinski definition) is 5. The smallest absolute Gasteiger partial charge is 0.179 e. The zero-order chi connectivity index (χ0) is 31.9. The molecule has 3 aromatic carbocycles. The summed E-state index contributed by atoms with van der Waals surface area (Å²) in [5, 5.41) is 6.34. The van der Waals surface area contributed by atoms with Crippen LogP contribution in [-0.4, -0.2) is 19.7 Å². The van der Waals surface area contributed by atoms with E-state index in [4.69, 9.17) is 14.2 Å². The Morgan fingerprint density at radius 2 is 1.14 bits per heavy atom. The molecule has 0 unspecified atom stereocenters. The Bertz CT molecular complexity index is 1150. The van der Waals surface area contributed by atoms with Crippen molar-refractivity contribution in [3.63, 3.8) is 0 Å². The molecule has 0 spiro atoms. The van der Waals surface area contributed by atoms with E-state index in [-0.39, 0.29) is 0 Å². The van der Waals surface area contributed by atoms with Crippen molar-refractivity contribution in [1.29, 1.82) is 0 Å². The minimum absolute atomic E-state index is 0.402. The molecule has 0 amide bonds. The lowest BCUT2D eigenvalue weighted by Crippen LogP contribution is -2.27. The summed E-state index contributed by atoms with van der Waals surface area (Å²) in [6.45, 7) is 27.2. The first-order chi connectivity index (χ1) is 20.6. The highest BCUT2D eigenvalue weighted by Crippen LogP contribution is 2.23. The van der Waals surface area contributed by atoms with Crippen molar-refractivity contribution >= 4 is 0 Å². The van der Waals surface area contributed by atoms with Crippen LogP contribution in [0, 0.1) is 11.8 Å². The van der Waals surface area contributed by atoms with E-state index in [1.807, 2.05) is 84.9 Å². The van der Waals surface area contributed by atoms with E-state index in [0.717, 1.165) is 45.9 Å². The second kappa shape index (κ2) is 22.5. The highest BCUT2D eigenvalue weighted by Gasteiger charge is 2.02. The van der Waals surface area contributed by atoms with Gasteiger partial charge in [-0.3, -0.25) is 0 Å². The fourth-order valence-electron chi connectivity index (χ4n) is 2.78. The summed E-state index contributed by atoms with van der Waals surface area (Å²) in [5.74, 6) is 4.58. The molecular weight excluding hydrogens is 532 g/mol. The summed E-state index contributed by atoms with van der Waals surface area (Å²) >= 11 is 0. The van der Waals surface area contributed by atoms with Crippen LogP contribution in [0.25, 0.3) is 0 Å². The zero-order valence-corrected chi connectivity index (χ0v) is 27.3.